The van der Waals surface area contributed by atoms with Crippen molar-refractivity contribution in [2.75, 3.05) is 6.54 Å². The highest BCUT2D eigenvalue weighted by Gasteiger charge is 2.53. The number of carbonyl (C=O) groups is 2. The van der Waals surface area contributed by atoms with Gasteiger partial charge in [0, 0.05) is 19.2 Å². The number of carbonyl (C=O) groups excluding carboxylic acids is 1. The van der Waals surface area contributed by atoms with Crippen molar-refractivity contribution >= 4 is 33.1 Å². The second kappa shape index (κ2) is 7.37. The number of ketones is 1. The van der Waals surface area contributed by atoms with E-state index in [2.05, 4.69) is 4.98 Å². The van der Waals surface area contributed by atoms with Gasteiger partial charge in [-0.25, -0.2) is 13.2 Å². The summed E-state index contributed by atoms with van der Waals surface area (Å²) in [6.07, 6.45) is 2.01. The molecular weight excluding hydrogens is 392 g/mol. The van der Waals surface area contributed by atoms with Gasteiger partial charge < -0.3 is 9.84 Å². The van der Waals surface area contributed by atoms with Crippen LogP contribution < -0.4 is 4.74 Å². The van der Waals surface area contributed by atoms with E-state index < -0.39 is 27.3 Å². The third-order valence-electron chi connectivity index (χ3n) is 4.50. The quantitative estimate of drug-likeness (QED) is 0.724. The molecule has 0 unspecified atom stereocenters. The van der Waals surface area contributed by atoms with Crippen LogP contribution in [0, 0.1) is 0 Å². The number of ether oxygens (including phenoxy) is 1. The number of rotatable bonds is 6. The minimum Gasteiger partial charge on any atom is -0.488 e. The van der Waals surface area contributed by atoms with Crippen LogP contribution in [-0.2, 0) is 26.2 Å². The summed E-state index contributed by atoms with van der Waals surface area (Å²) in [7, 11) is -4.15. The standard InChI is InChI=1S/C17H18N2O6S2/c1-17(16(21)22)15(20)3-2-8-19(17)27(23,24)14-6-4-12(5-7-14)25-10-13-9-18-11-26-13/h4-7,9,11H,2-3,8,10H2,1H3,(H,21,22)/t17-/m1/s1. The summed E-state index contributed by atoms with van der Waals surface area (Å²) in [5, 5.41) is 9.50. The van der Waals surface area contributed by atoms with E-state index in [4.69, 9.17) is 4.74 Å². The second-order valence-electron chi connectivity index (χ2n) is 6.21. The van der Waals surface area contributed by atoms with Crippen LogP contribution >= 0.6 is 11.3 Å². The van der Waals surface area contributed by atoms with E-state index in [0.29, 0.717) is 12.4 Å². The van der Waals surface area contributed by atoms with Gasteiger partial charge in [0.1, 0.15) is 12.4 Å². The first-order valence-corrected chi connectivity index (χ1v) is 10.5. The molecule has 8 nitrogen and oxygen atoms in total. The van der Waals surface area contributed by atoms with Crippen molar-refractivity contribution in [3.63, 3.8) is 0 Å². The molecular formula is C17H18N2O6S2. The lowest BCUT2D eigenvalue weighted by molar-refractivity contribution is -0.155. The highest BCUT2D eigenvalue weighted by Crippen LogP contribution is 2.32. The molecule has 1 saturated heterocycles. The molecule has 10 heteroatoms. The van der Waals surface area contributed by atoms with Gasteiger partial charge in [-0.2, -0.15) is 4.31 Å². The second-order valence-corrected chi connectivity index (χ2v) is 9.04. The molecule has 3 rings (SSSR count). The maximum atomic E-state index is 13.0. The van der Waals surface area contributed by atoms with Crippen molar-refractivity contribution < 1.29 is 27.9 Å². The molecule has 144 valence electrons. The van der Waals surface area contributed by atoms with Crippen molar-refractivity contribution in [2.45, 2.75) is 36.8 Å². The maximum absolute atomic E-state index is 13.0. The summed E-state index contributed by atoms with van der Waals surface area (Å²) in [5.74, 6) is -1.62. The van der Waals surface area contributed by atoms with Crippen molar-refractivity contribution in [3.05, 3.63) is 40.8 Å². The molecule has 2 aromatic rings. The van der Waals surface area contributed by atoms with Gasteiger partial charge in [0.15, 0.2) is 11.3 Å². The van der Waals surface area contributed by atoms with Gasteiger partial charge in [-0.1, -0.05) is 0 Å². The van der Waals surface area contributed by atoms with E-state index in [0.717, 1.165) is 16.1 Å². The van der Waals surface area contributed by atoms with Crippen LogP contribution in [0.4, 0.5) is 0 Å². The summed E-state index contributed by atoms with van der Waals surface area (Å²) in [6, 6.07) is 5.69. The normalized spacial score (nSPS) is 21.1. The van der Waals surface area contributed by atoms with E-state index in [1.807, 2.05) is 0 Å². The van der Waals surface area contributed by atoms with Crippen LogP contribution in [0.1, 0.15) is 24.6 Å². The van der Waals surface area contributed by atoms with Crippen LogP contribution in [-0.4, -0.2) is 46.6 Å². The number of hydrogen-bond donors (Lipinski definition) is 1. The van der Waals surface area contributed by atoms with Gasteiger partial charge in [-0.3, -0.25) is 9.78 Å². The predicted molar refractivity (Wildman–Crippen MR) is 97.1 cm³/mol. The zero-order chi connectivity index (χ0) is 19.7. The smallest absolute Gasteiger partial charge is 0.332 e. The summed E-state index contributed by atoms with van der Waals surface area (Å²) < 4.78 is 32.3. The van der Waals surface area contributed by atoms with E-state index in [9.17, 15) is 23.1 Å². The Morgan fingerprint density at radius 1 is 1.37 bits per heavy atom. The van der Waals surface area contributed by atoms with Crippen molar-refractivity contribution in [1.82, 2.24) is 9.29 Å². The molecule has 1 aromatic carbocycles. The van der Waals surface area contributed by atoms with Crippen molar-refractivity contribution in [2.24, 2.45) is 0 Å². The highest BCUT2D eigenvalue weighted by atomic mass is 32.2. The number of aromatic nitrogens is 1. The number of carboxylic acid groups (broad SMARTS) is 1. The van der Waals surface area contributed by atoms with Crippen LogP contribution in [0.15, 0.2) is 40.9 Å². The van der Waals surface area contributed by atoms with Crippen LogP contribution in [0.5, 0.6) is 5.75 Å². The monoisotopic (exact) mass is 410 g/mol. The fourth-order valence-electron chi connectivity index (χ4n) is 2.88. The molecule has 0 aliphatic carbocycles. The summed E-state index contributed by atoms with van der Waals surface area (Å²) in [6.45, 7) is 1.43. The van der Waals surface area contributed by atoms with Crippen molar-refractivity contribution in [3.8, 4) is 5.75 Å². The SMILES string of the molecule is C[C@]1(C(=O)O)C(=O)CCCN1S(=O)(=O)c1ccc(OCc2cncs2)cc1. The topological polar surface area (TPSA) is 114 Å². The zero-order valence-electron chi connectivity index (χ0n) is 14.5. The van der Waals surface area contributed by atoms with Crippen LogP contribution in [0.3, 0.4) is 0 Å². The first kappa shape index (κ1) is 19.5. The number of carboxylic acids is 1. The molecule has 1 aliphatic heterocycles. The average molecular weight is 410 g/mol. The predicted octanol–water partition coefficient (Wildman–Crippen LogP) is 1.92. The van der Waals surface area contributed by atoms with Gasteiger partial charge in [-0.05, 0) is 37.6 Å². The Labute approximate surface area is 160 Å². The van der Waals surface area contributed by atoms with Crippen LogP contribution in [0.2, 0.25) is 0 Å². The maximum Gasteiger partial charge on any atom is 0.332 e. The van der Waals surface area contributed by atoms with Crippen LogP contribution in [0.25, 0.3) is 0 Å². The minimum absolute atomic E-state index is 0.0273. The van der Waals surface area contributed by atoms with Gasteiger partial charge >= 0.3 is 5.97 Å². The lowest BCUT2D eigenvalue weighted by Crippen LogP contribution is -2.62. The molecule has 0 saturated carbocycles. The molecule has 1 aliphatic rings. The van der Waals surface area contributed by atoms with E-state index in [1.54, 1.807) is 11.7 Å². The number of nitrogens with zero attached hydrogens (tertiary/aromatic N) is 2. The fraction of sp³-hybridized carbons (Fsp3) is 0.353. The lowest BCUT2D eigenvalue weighted by atomic mass is 9.89. The van der Waals surface area contributed by atoms with Gasteiger partial charge in [0.2, 0.25) is 10.0 Å². The highest BCUT2D eigenvalue weighted by molar-refractivity contribution is 7.89. The molecule has 1 atom stereocenters. The number of piperidine rings is 1. The summed E-state index contributed by atoms with van der Waals surface area (Å²) in [5.41, 5.74) is -0.411. The fourth-order valence-corrected chi connectivity index (χ4v) is 5.15. The third-order valence-corrected chi connectivity index (χ3v) is 7.25. The Morgan fingerprint density at radius 2 is 2.07 bits per heavy atom. The zero-order valence-corrected chi connectivity index (χ0v) is 16.1. The number of hydrogen-bond acceptors (Lipinski definition) is 7. The van der Waals surface area contributed by atoms with Crippen molar-refractivity contribution in [1.29, 1.82) is 0 Å². The third kappa shape index (κ3) is 3.60. The number of benzene rings is 1. The number of thiazole rings is 1. The molecule has 1 aromatic heterocycles. The Hall–Kier alpha value is -2.30. The Balaban J connectivity index is 1.83. The molecule has 0 amide bonds. The first-order chi connectivity index (χ1) is 12.8. The number of Topliss-reactive ketones (excluding diaryl/α,β-unsaturated/α-hetero) is 1. The Morgan fingerprint density at radius 3 is 2.67 bits per heavy atom. The largest absolute Gasteiger partial charge is 0.488 e. The molecule has 1 N–H and O–H groups in total. The summed E-state index contributed by atoms with van der Waals surface area (Å²) >= 11 is 1.44. The van der Waals surface area contributed by atoms with E-state index in [1.165, 1.54) is 35.6 Å². The summed E-state index contributed by atoms with van der Waals surface area (Å²) in [4.78, 5) is 28.6. The molecule has 0 radical (unpaired) electrons. The number of aliphatic carboxylic acids is 1. The molecule has 27 heavy (non-hydrogen) atoms. The Bertz CT molecular complexity index is 940. The van der Waals surface area contributed by atoms with Gasteiger partial charge in [0.05, 0.1) is 15.3 Å². The minimum atomic E-state index is -4.15. The number of sulfonamides is 1. The van der Waals surface area contributed by atoms with Gasteiger partial charge in [-0.15, -0.1) is 11.3 Å². The van der Waals surface area contributed by atoms with E-state index >= 15 is 0 Å². The molecule has 0 spiro atoms. The molecule has 0 bridgehead atoms. The van der Waals surface area contributed by atoms with Gasteiger partial charge in [0.25, 0.3) is 0 Å². The molecule has 2 heterocycles. The lowest BCUT2D eigenvalue weighted by Gasteiger charge is -2.38. The Kier molecular flexibility index (Phi) is 5.31. The van der Waals surface area contributed by atoms with E-state index in [-0.39, 0.29) is 24.3 Å². The first-order valence-electron chi connectivity index (χ1n) is 8.16. The molecule has 1 fully saturated rings. The average Bonchev–Trinajstić information content (AvgIpc) is 3.16.